The Hall–Kier alpha value is -2.13. The van der Waals surface area contributed by atoms with E-state index in [4.69, 9.17) is 0 Å². The minimum Gasteiger partial charge on any atom is -0.310 e. The van der Waals surface area contributed by atoms with Crippen LogP contribution in [0.15, 0.2) is 36.4 Å². The maximum atomic E-state index is 12.6. The van der Waals surface area contributed by atoms with Crippen LogP contribution in [-0.4, -0.2) is 12.5 Å². The molecule has 1 amide bonds. The number of carbonyl (C=O) groups excluding carboxylic acids is 1. The summed E-state index contributed by atoms with van der Waals surface area (Å²) in [4.78, 5) is 14.5. The number of hydrogen-bond donors (Lipinski definition) is 1. The molecule has 2 aromatic carbocycles. The Bertz CT molecular complexity index is 835. The zero-order chi connectivity index (χ0) is 22.3. The number of rotatable bonds is 5. The third-order valence-corrected chi connectivity index (χ3v) is 6.15. The second kappa shape index (κ2) is 11.3. The molecule has 0 aliphatic carbocycles. The smallest absolute Gasteiger partial charge is 0.224 e. The van der Waals surface area contributed by atoms with Crippen LogP contribution in [0.3, 0.4) is 0 Å². The number of nitrogens with zero attached hydrogens (tertiary/aromatic N) is 1. The van der Waals surface area contributed by atoms with Gasteiger partial charge in [0.25, 0.3) is 0 Å². The van der Waals surface area contributed by atoms with E-state index in [-0.39, 0.29) is 11.9 Å². The summed E-state index contributed by atoms with van der Waals surface area (Å²) in [5.74, 6) is 0.0771. The summed E-state index contributed by atoms with van der Waals surface area (Å²) in [5, 5.41) is 3.56. The van der Waals surface area contributed by atoms with Gasteiger partial charge < -0.3 is 10.2 Å². The van der Waals surface area contributed by atoms with Gasteiger partial charge in [0.05, 0.1) is 6.04 Å². The Morgan fingerprint density at radius 1 is 1.07 bits per heavy atom. The van der Waals surface area contributed by atoms with Crippen molar-refractivity contribution in [3.05, 3.63) is 64.2 Å². The minimum absolute atomic E-state index is 0.00495. The molecule has 0 aromatic heterocycles. The summed E-state index contributed by atoms with van der Waals surface area (Å²) in [5.41, 5.74) is 7.14. The number of aryl methyl sites for hydroxylation is 3. The summed E-state index contributed by atoms with van der Waals surface area (Å²) < 4.78 is 0. The molecule has 2 atom stereocenters. The normalized spacial score (nSPS) is 16.6. The van der Waals surface area contributed by atoms with Crippen LogP contribution in [0, 0.1) is 20.8 Å². The quantitative estimate of drug-likeness (QED) is 0.580. The maximum absolute atomic E-state index is 12.6. The maximum Gasteiger partial charge on any atom is 0.224 e. The molecule has 164 valence electrons. The molecular weight excluding hydrogens is 368 g/mol. The van der Waals surface area contributed by atoms with Crippen LogP contribution in [0.1, 0.15) is 93.3 Å². The summed E-state index contributed by atoms with van der Waals surface area (Å²) in [7, 11) is 0. The second-order valence-electron chi connectivity index (χ2n) is 8.61. The monoisotopic (exact) mass is 408 g/mol. The van der Waals surface area contributed by atoms with Crippen molar-refractivity contribution in [2.45, 2.75) is 86.2 Å². The first-order valence-corrected chi connectivity index (χ1v) is 11.5. The highest BCUT2D eigenvalue weighted by atomic mass is 16.2. The molecule has 3 rings (SSSR count). The van der Waals surface area contributed by atoms with Crippen molar-refractivity contribution in [1.29, 1.82) is 0 Å². The van der Waals surface area contributed by atoms with Crippen molar-refractivity contribution in [2.75, 3.05) is 11.4 Å². The van der Waals surface area contributed by atoms with E-state index >= 15 is 0 Å². The standard InChI is InChI=1S/C23H30N2O.C4H10/c1-15-12-17(3)23(13-16(15)2)25(19(5)26)18(4)20-8-6-9-21(14-20)22-10-7-11-24-22;1-3-4-2/h6,8-9,12-14,18,22,24H,7,10-11H2,1-5H3;3-4H2,1-2H3/t18-,22?;/m1./s1. The molecule has 3 heteroatoms. The van der Waals surface area contributed by atoms with Crippen molar-refractivity contribution in [1.82, 2.24) is 5.32 Å². The van der Waals surface area contributed by atoms with Crippen molar-refractivity contribution < 1.29 is 4.79 Å². The lowest BCUT2D eigenvalue weighted by atomic mass is 9.97. The largest absolute Gasteiger partial charge is 0.310 e. The van der Waals surface area contributed by atoms with Crippen LogP contribution in [0.4, 0.5) is 5.69 Å². The first-order valence-electron chi connectivity index (χ1n) is 11.5. The fourth-order valence-electron chi connectivity index (χ4n) is 4.01. The van der Waals surface area contributed by atoms with Crippen LogP contribution in [0.2, 0.25) is 0 Å². The number of benzene rings is 2. The zero-order valence-corrected chi connectivity index (χ0v) is 20.0. The third-order valence-electron chi connectivity index (χ3n) is 6.15. The van der Waals surface area contributed by atoms with Gasteiger partial charge >= 0.3 is 0 Å². The van der Waals surface area contributed by atoms with Crippen molar-refractivity contribution >= 4 is 11.6 Å². The van der Waals surface area contributed by atoms with E-state index in [2.05, 4.69) is 83.3 Å². The highest BCUT2D eigenvalue weighted by Gasteiger charge is 2.24. The summed E-state index contributed by atoms with van der Waals surface area (Å²) in [6, 6.07) is 13.5. The topological polar surface area (TPSA) is 32.3 Å². The van der Waals surface area contributed by atoms with Crippen molar-refractivity contribution in [3.63, 3.8) is 0 Å². The lowest BCUT2D eigenvalue weighted by molar-refractivity contribution is -0.117. The van der Waals surface area contributed by atoms with Crippen molar-refractivity contribution in [3.8, 4) is 0 Å². The Balaban J connectivity index is 0.000000735. The summed E-state index contributed by atoms with van der Waals surface area (Å²) in [6.45, 7) is 15.5. The zero-order valence-electron chi connectivity index (χ0n) is 20.0. The van der Waals surface area contributed by atoms with E-state index in [1.807, 2.05) is 4.90 Å². The predicted octanol–water partition coefficient (Wildman–Crippen LogP) is 6.96. The van der Waals surface area contributed by atoms with Gasteiger partial charge in [0.1, 0.15) is 0 Å². The Morgan fingerprint density at radius 2 is 1.73 bits per heavy atom. The predicted molar refractivity (Wildman–Crippen MR) is 129 cm³/mol. The average Bonchev–Trinajstić information content (AvgIpc) is 3.27. The molecule has 1 fully saturated rings. The van der Waals surface area contributed by atoms with Gasteiger partial charge in [0.15, 0.2) is 0 Å². The van der Waals surface area contributed by atoms with E-state index in [1.54, 1.807) is 6.92 Å². The summed E-state index contributed by atoms with van der Waals surface area (Å²) in [6.07, 6.45) is 5.05. The number of hydrogen-bond acceptors (Lipinski definition) is 2. The molecule has 2 aromatic rings. The molecule has 1 aliphatic heterocycles. The highest BCUT2D eigenvalue weighted by molar-refractivity contribution is 5.93. The third kappa shape index (κ3) is 5.95. The van der Waals surface area contributed by atoms with Crippen molar-refractivity contribution in [2.24, 2.45) is 0 Å². The Morgan fingerprint density at radius 3 is 2.30 bits per heavy atom. The van der Waals surface area contributed by atoms with Crippen LogP contribution in [-0.2, 0) is 4.79 Å². The van der Waals surface area contributed by atoms with Gasteiger partial charge in [-0.15, -0.1) is 0 Å². The Labute approximate surface area is 183 Å². The molecular formula is C27H40N2O. The number of carbonyl (C=O) groups is 1. The SMILES string of the molecule is CC(=O)N(c1cc(C)c(C)cc1C)[C@H](C)c1cccc(C2CCCN2)c1.CCCC. The minimum atomic E-state index is -0.00495. The number of anilines is 1. The molecule has 1 unspecified atom stereocenters. The molecule has 1 heterocycles. The van der Waals surface area contributed by atoms with E-state index in [0.29, 0.717) is 6.04 Å². The number of amides is 1. The van der Waals surface area contributed by atoms with E-state index < -0.39 is 0 Å². The van der Waals surface area contributed by atoms with Crippen LogP contribution in [0.5, 0.6) is 0 Å². The van der Waals surface area contributed by atoms with Gasteiger partial charge in [0.2, 0.25) is 5.91 Å². The molecule has 3 nitrogen and oxygen atoms in total. The molecule has 0 saturated carbocycles. The number of nitrogens with one attached hydrogen (secondary N) is 1. The molecule has 1 saturated heterocycles. The molecule has 1 N–H and O–H groups in total. The van der Waals surface area contributed by atoms with E-state index in [1.165, 1.54) is 47.9 Å². The highest BCUT2D eigenvalue weighted by Crippen LogP contribution is 2.33. The number of unbranched alkanes of at least 4 members (excludes halogenated alkanes) is 1. The first kappa shape index (κ1) is 24.1. The molecule has 0 radical (unpaired) electrons. The van der Waals surface area contributed by atoms with Gasteiger partial charge in [-0.2, -0.15) is 0 Å². The second-order valence-corrected chi connectivity index (χ2v) is 8.61. The van der Waals surface area contributed by atoms with E-state index in [0.717, 1.165) is 17.8 Å². The molecule has 30 heavy (non-hydrogen) atoms. The lowest BCUT2D eigenvalue weighted by Crippen LogP contribution is -2.32. The molecule has 0 bridgehead atoms. The van der Waals surface area contributed by atoms with Gasteiger partial charge in [-0.05, 0) is 81.0 Å². The fourth-order valence-corrected chi connectivity index (χ4v) is 4.01. The summed E-state index contributed by atoms with van der Waals surface area (Å²) >= 11 is 0. The lowest BCUT2D eigenvalue weighted by Gasteiger charge is -2.31. The fraction of sp³-hybridized carbons (Fsp3) is 0.519. The van der Waals surface area contributed by atoms with Gasteiger partial charge in [-0.3, -0.25) is 4.79 Å². The van der Waals surface area contributed by atoms with Gasteiger partial charge in [-0.1, -0.05) is 57.0 Å². The van der Waals surface area contributed by atoms with Gasteiger partial charge in [0, 0.05) is 18.7 Å². The van der Waals surface area contributed by atoms with Crippen LogP contribution >= 0.6 is 0 Å². The average molecular weight is 409 g/mol. The van der Waals surface area contributed by atoms with Gasteiger partial charge in [-0.25, -0.2) is 0 Å². The molecule has 0 spiro atoms. The molecule has 1 aliphatic rings. The van der Waals surface area contributed by atoms with Crippen LogP contribution in [0.25, 0.3) is 0 Å². The van der Waals surface area contributed by atoms with E-state index in [9.17, 15) is 4.79 Å². The first-order chi connectivity index (χ1) is 14.3. The van der Waals surface area contributed by atoms with Crippen LogP contribution < -0.4 is 10.2 Å². The Kier molecular flexibility index (Phi) is 9.10.